The first-order valence-electron chi connectivity index (χ1n) is 9.56. The lowest BCUT2D eigenvalue weighted by Gasteiger charge is -2.36. The maximum atomic E-state index is 13.6. The summed E-state index contributed by atoms with van der Waals surface area (Å²) in [4.78, 5) is 16.4. The number of nitrogens with one attached hydrogen (secondary N) is 1. The Morgan fingerprint density at radius 2 is 2.07 bits per heavy atom. The van der Waals surface area contributed by atoms with Gasteiger partial charge in [0.2, 0.25) is 0 Å². The van der Waals surface area contributed by atoms with E-state index in [0.717, 1.165) is 19.3 Å². The average Bonchev–Trinajstić information content (AvgIpc) is 3.10. The van der Waals surface area contributed by atoms with Crippen LogP contribution in [0, 0.1) is 12.7 Å². The summed E-state index contributed by atoms with van der Waals surface area (Å²) in [6.07, 6.45) is 3.02. The number of anilines is 1. The highest BCUT2D eigenvalue weighted by atomic mass is 32.1. The van der Waals surface area contributed by atoms with Gasteiger partial charge in [-0.15, -0.1) is 11.3 Å². The number of hydrogen-bond donors (Lipinski definition) is 1. The molecule has 2 amide bonds. The largest absolute Gasteiger partial charge is 0.322 e. The van der Waals surface area contributed by atoms with E-state index in [9.17, 15) is 9.18 Å². The van der Waals surface area contributed by atoms with Crippen LogP contribution in [-0.2, 0) is 13.0 Å². The molecule has 144 valence electrons. The molecule has 5 heteroatoms. The maximum Gasteiger partial charge on any atom is 0.322 e. The van der Waals surface area contributed by atoms with Gasteiger partial charge in [0.1, 0.15) is 5.82 Å². The third kappa shape index (κ3) is 3.94. The number of hydrogen-bond acceptors (Lipinski definition) is 2. The van der Waals surface area contributed by atoms with Crippen molar-refractivity contribution in [3.8, 4) is 0 Å². The molecule has 0 aliphatic heterocycles. The van der Waals surface area contributed by atoms with Crippen molar-refractivity contribution in [2.75, 3.05) is 5.32 Å². The van der Waals surface area contributed by atoms with Crippen LogP contribution in [0.2, 0.25) is 0 Å². The van der Waals surface area contributed by atoms with Gasteiger partial charge >= 0.3 is 6.03 Å². The molecule has 0 spiro atoms. The molecule has 1 aliphatic carbocycles. The Morgan fingerprint density at radius 1 is 1.21 bits per heavy atom. The lowest BCUT2D eigenvalue weighted by atomic mass is 9.87. The number of thiophene rings is 1. The number of urea groups is 1. The zero-order chi connectivity index (χ0) is 19.5. The van der Waals surface area contributed by atoms with Crippen LogP contribution in [0.1, 0.15) is 40.5 Å². The third-order valence-corrected chi connectivity index (χ3v) is 6.34. The summed E-state index contributed by atoms with van der Waals surface area (Å²) in [7, 11) is 0. The average molecular weight is 395 g/mol. The van der Waals surface area contributed by atoms with Crippen LogP contribution >= 0.6 is 11.3 Å². The number of halogens is 1. The number of benzene rings is 2. The Kier molecular flexibility index (Phi) is 5.44. The van der Waals surface area contributed by atoms with E-state index in [1.54, 1.807) is 23.5 Å². The molecule has 0 fully saturated rings. The van der Waals surface area contributed by atoms with Gasteiger partial charge in [0.15, 0.2) is 0 Å². The quantitative estimate of drug-likeness (QED) is 0.553. The fourth-order valence-corrected chi connectivity index (χ4v) is 4.76. The van der Waals surface area contributed by atoms with Gasteiger partial charge in [-0.1, -0.05) is 30.3 Å². The molecule has 3 nitrogen and oxygen atoms in total. The normalized spacial score (nSPS) is 15.7. The van der Waals surface area contributed by atoms with Crippen molar-refractivity contribution in [1.29, 1.82) is 0 Å². The lowest BCUT2D eigenvalue weighted by Crippen LogP contribution is -2.39. The molecule has 28 heavy (non-hydrogen) atoms. The number of nitrogens with zero attached hydrogens (tertiary/aromatic N) is 1. The van der Waals surface area contributed by atoms with Crippen molar-refractivity contribution >= 4 is 23.1 Å². The molecular weight excluding hydrogens is 371 g/mol. The molecule has 0 bridgehead atoms. The van der Waals surface area contributed by atoms with Crippen LogP contribution in [0.15, 0.2) is 60.0 Å². The van der Waals surface area contributed by atoms with E-state index in [0.29, 0.717) is 12.2 Å². The molecule has 1 atom stereocenters. The van der Waals surface area contributed by atoms with Crippen molar-refractivity contribution in [3.05, 3.63) is 87.4 Å². The van der Waals surface area contributed by atoms with E-state index >= 15 is 0 Å². The van der Waals surface area contributed by atoms with Gasteiger partial charge in [0.05, 0.1) is 12.6 Å². The molecule has 1 N–H and O–H groups in total. The lowest BCUT2D eigenvalue weighted by molar-refractivity contribution is 0.176. The smallest absolute Gasteiger partial charge is 0.312 e. The number of rotatable bonds is 4. The van der Waals surface area contributed by atoms with Crippen molar-refractivity contribution in [2.24, 2.45) is 0 Å². The van der Waals surface area contributed by atoms with Crippen molar-refractivity contribution in [1.82, 2.24) is 4.90 Å². The van der Waals surface area contributed by atoms with Crippen molar-refractivity contribution in [3.63, 3.8) is 0 Å². The summed E-state index contributed by atoms with van der Waals surface area (Å²) in [5.41, 5.74) is 4.20. The number of amides is 2. The highest BCUT2D eigenvalue weighted by Gasteiger charge is 2.30. The predicted octanol–water partition coefficient (Wildman–Crippen LogP) is 6.31. The van der Waals surface area contributed by atoms with Crippen molar-refractivity contribution in [2.45, 2.75) is 38.8 Å². The van der Waals surface area contributed by atoms with Crippen LogP contribution in [-0.4, -0.2) is 10.9 Å². The Morgan fingerprint density at radius 3 is 2.86 bits per heavy atom. The van der Waals surface area contributed by atoms with E-state index in [4.69, 9.17) is 0 Å². The minimum absolute atomic E-state index is 0.0139. The SMILES string of the molecule is Cc1ccsc1CN(C(=O)Nc1cccc(F)c1)C1CCCc2ccccc21. The molecule has 1 unspecified atom stereocenters. The minimum atomic E-state index is -0.360. The van der Waals surface area contributed by atoms with Gasteiger partial charge in [-0.05, 0) is 72.5 Å². The summed E-state index contributed by atoms with van der Waals surface area (Å²) in [5.74, 6) is -0.360. The Balaban J connectivity index is 1.66. The molecule has 2 aromatic carbocycles. The topological polar surface area (TPSA) is 32.3 Å². The predicted molar refractivity (Wildman–Crippen MR) is 112 cm³/mol. The molecule has 3 aromatic rings. The molecule has 0 saturated heterocycles. The second-order valence-corrected chi connectivity index (χ2v) is 8.20. The van der Waals surface area contributed by atoms with Crippen molar-refractivity contribution < 1.29 is 9.18 Å². The maximum absolute atomic E-state index is 13.6. The van der Waals surface area contributed by atoms with Gasteiger partial charge in [0.25, 0.3) is 0 Å². The van der Waals surface area contributed by atoms with Gasteiger partial charge in [-0.25, -0.2) is 9.18 Å². The highest BCUT2D eigenvalue weighted by molar-refractivity contribution is 7.10. The molecule has 0 radical (unpaired) electrons. The molecule has 4 rings (SSSR count). The second-order valence-electron chi connectivity index (χ2n) is 7.20. The molecular formula is C23H23FN2OS. The van der Waals surface area contributed by atoms with E-state index in [-0.39, 0.29) is 17.9 Å². The number of carbonyl (C=O) groups is 1. The van der Waals surface area contributed by atoms with Crippen LogP contribution in [0.3, 0.4) is 0 Å². The van der Waals surface area contributed by atoms with E-state index < -0.39 is 0 Å². The fourth-order valence-electron chi connectivity index (χ4n) is 3.86. The van der Waals surface area contributed by atoms with Gasteiger partial charge in [-0.3, -0.25) is 0 Å². The Hall–Kier alpha value is -2.66. The van der Waals surface area contributed by atoms with Crippen LogP contribution in [0.5, 0.6) is 0 Å². The van der Waals surface area contributed by atoms with Crippen LogP contribution in [0.4, 0.5) is 14.9 Å². The Bertz CT molecular complexity index is 984. The first kappa shape index (κ1) is 18.7. The number of fused-ring (bicyclic) bond motifs is 1. The molecule has 0 saturated carbocycles. The minimum Gasteiger partial charge on any atom is -0.312 e. The number of aryl methyl sites for hydroxylation is 2. The fraction of sp³-hybridized carbons (Fsp3) is 0.261. The van der Waals surface area contributed by atoms with Gasteiger partial charge in [-0.2, -0.15) is 0 Å². The van der Waals surface area contributed by atoms with E-state index in [1.165, 1.54) is 33.7 Å². The van der Waals surface area contributed by atoms with Gasteiger partial charge in [0, 0.05) is 10.6 Å². The molecule has 1 aliphatic rings. The van der Waals surface area contributed by atoms with Gasteiger partial charge < -0.3 is 10.2 Å². The summed E-state index contributed by atoms with van der Waals surface area (Å²) in [6, 6.07) is 16.3. The summed E-state index contributed by atoms with van der Waals surface area (Å²) < 4.78 is 13.6. The first-order chi connectivity index (χ1) is 13.6. The monoisotopic (exact) mass is 394 g/mol. The van der Waals surface area contributed by atoms with E-state index in [1.807, 2.05) is 11.0 Å². The standard InChI is InChI=1S/C23H23FN2OS/c1-16-12-13-28-22(16)15-26(23(27)25-19-9-5-8-18(24)14-19)21-11-4-7-17-6-2-3-10-20(17)21/h2-3,5-6,8-10,12-14,21H,4,7,11,15H2,1H3,(H,25,27). The Labute approximate surface area is 168 Å². The first-order valence-corrected chi connectivity index (χ1v) is 10.4. The second kappa shape index (κ2) is 8.15. The molecule has 1 heterocycles. The number of carbonyl (C=O) groups excluding carboxylic acids is 1. The highest BCUT2D eigenvalue weighted by Crippen LogP contribution is 2.36. The summed E-state index contributed by atoms with van der Waals surface area (Å²) >= 11 is 1.67. The zero-order valence-electron chi connectivity index (χ0n) is 15.8. The summed E-state index contributed by atoms with van der Waals surface area (Å²) in [6.45, 7) is 2.62. The molecule has 1 aromatic heterocycles. The van der Waals surface area contributed by atoms with E-state index in [2.05, 4.69) is 41.9 Å². The van der Waals surface area contributed by atoms with Crippen LogP contribution in [0.25, 0.3) is 0 Å². The third-order valence-electron chi connectivity index (χ3n) is 5.33. The summed E-state index contributed by atoms with van der Waals surface area (Å²) in [5, 5.41) is 4.95. The van der Waals surface area contributed by atoms with Crippen LogP contribution < -0.4 is 5.32 Å². The zero-order valence-corrected chi connectivity index (χ0v) is 16.6.